The van der Waals surface area contributed by atoms with Gasteiger partial charge in [0.05, 0.1) is 23.5 Å². The molecule has 4 rings (SSSR count). The highest BCUT2D eigenvalue weighted by Crippen LogP contribution is 2.34. The van der Waals surface area contributed by atoms with E-state index in [9.17, 15) is 31.9 Å². The van der Waals surface area contributed by atoms with E-state index in [1.165, 1.54) is 47.5 Å². The maximum Gasteiger partial charge on any atom is 0.416 e. The third-order valence-electron chi connectivity index (χ3n) is 5.48. The van der Waals surface area contributed by atoms with Crippen LogP contribution in [0, 0.1) is 11.6 Å². The van der Waals surface area contributed by atoms with E-state index >= 15 is 0 Å². The zero-order valence-corrected chi connectivity index (χ0v) is 19.5. The molecule has 36 heavy (non-hydrogen) atoms. The van der Waals surface area contributed by atoms with Crippen LogP contribution in [0.4, 0.5) is 22.0 Å². The summed E-state index contributed by atoms with van der Waals surface area (Å²) in [6.07, 6.45) is -1.92. The molecule has 0 bridgehead atoms. The molecule has 0 fully saturated rings. The quantitative estimate of drug-likeness (QED) is 0.348. The van der Waals surface area contributed by atoms with E-state index in [2.05, 4.69) is 10.1 Å². The normalized spacial score (nSPS) is 13.4. The van der Waals surface area contributed by atoms with Crippen LogP contribution in [0.25, 0.3) is 10.4 Å². The average molecular weight is 522 g/mol. The van der Waals surface area contributed by atoms with Crippen LogP contribution in [-0.4, -0.2) is 44.3 Å². The zero-order valence-electron chi connectivity index (χ0n) is 18.7. The Balaban J connectivity index is 1.57. The molecule has 1 N–H and O–H groups in total. The van der Waals surface area contributed by atoms with Gasteiger partial charge in [0.2, 0.25) is 0 Å². The lowest BCUT2D eigenvalue weighted by atomic mass is 9.92. The highest BCUT2D eigenvalue weighted by Gasteiger charge is 2.36. The summed E-state index contributed by atoms with van der Waals surface area (Å²) in [4.78, 5) is 18.9. The van der Waals surface area contributed by atoms with Crippen molar-refractivity contribution >= 4 is 17.2 Å². The fourth-order valence-corrected chi connectivity index (χ4v) is 4.76. The lowest BCUT2D eigenvalue weighted by Gasteiger charge is -2.33. The molecule has 1 amide bonds. The number of rotatable bonds is 7. The van der Waals surface area contributed by atoms with Crippen molar-refractivity contribution in [1.82, 2.24) is 19.7 Å². The molecule has 1 atom stereocenters. The van der Waals surface area contributed by atoms with Gasteiger partial charge in [0, 0.05) is 23.6 Å². The van der Waals surface area contributed by atoms with Crippen molar-refractivity contribution in [2.45, 2.75) is 18.3 Å². The van der Waals surface area contributed by atoms with Crippen LogP contribution in [0.15, 0.2) is 67.3 Å². The number of benzene rings is 2. The van der Waals surface area contributed by atoms with Crippen molar-refractivity contribution in [3.05, 3.63) is 94.9 Å². The summed E-state index contributed by atoms with van der Waals surface area (Å²) in [6, 6.07) is 10.4. The lowest BCUT2D eigenvalue weighted by Crippen LogP contribution is -2.45. The maximum absolute atomic E-state index is 14.6. The number of aromatic nitrogens is 3. The molecular formula is C24H19F5N4O2S. The summed E-state index contributed by atoms with van der Waals surface area (Å²) in [5, 5.41) is 15.4. The number of aliphatic hydroxyl groups is 1. The topological polar surface area (TPSA) is 71.2 Å². The number of carbonyl (C=O) groups excluding carboxylic acids is 1. The molecule has 4 aromatic rings. The van der Waals surface area contributed by atoms with E-state index in [0.717, 1.165) is 35.6 Å². The van der Waals surface area contributed by atoms with Gasteiger partial charge in [-0.2, -0.15) is 18.3 Å². The van der Waals surface area contributed by atoms with E-state index < -0.39 is 34.9 Å². The van der Waals surface area contributed by atoms with Gasteiger partial charge >= 0.3 is 6.18 Å². The molecule has 2 aromatic carbocycles. The number of likely N-dealkylation sites (N-methyl/N-ethyl adjacent to an activating group) is 1. The molecule has 0 aliphatic rings. The Morgan fingerprint density at radius 1 is 1.08 bits per heavy atom. The summed E-state index contributed by atoms with van der Waals surface area (Å²) in [5.74, 6) is -2.31. The summed E-state index contributed by atoms with van der Waals surface area (Å²) in [6.45, 7) is -0.643. The van der Waals surface area contributed by atoms with E-state index in [1.54, 1.807) is 6.07 Å². The molecular weight excluding hydrogens is 503 g/mol. The Morgan fingerprint density at radius 2 is 1.81 bits per heavy atom. The molecule has 0 saturated carbocycles. The summed E-state index contributed by atoms with van der Waals surface area (Å²) < 4.78 is 67.8. The third kappa shape index (κ3) is 5.44. The first kappa shape index (κ1) is 25.5. The van der Waals surface area contributed by atoms with Gasteiger partial charge in [0.15, 0.2) is 0 Å². The van der Waals surface area contributed by atoms with Crippen molar-refractivity contribution in [1.29, 1.82) is 0 Å². The largest absolute Gasteiger partial charge is 0.416 e. The molecule has 6 nitrogen and oxygen atoms in total. The van der Waals surface area contributed by atoms with Crippen molar-refractivity contribution in [2.24, 2.45) is 0 Å². The van der Waals surface area contributed by atoms with Gasteiger partial charge < -0.3 is 10.0 Å². The van der Waals surface area contributed by atoms with Crippen LogP contribution in [0.5, 0.6) is 0 Å². The predicted molar refractivity (Wildman–Crippen MR) is 122 cm³/mol. The second-order valence-corrected chi connectivity index (χ2v) is 9.23. The molecule has 0 aliphatic heterocycles. The monoisotopic (exact) mass is 522 g/mol. The fourth-order valence-electron chi connectivity index (χ4n) is 3.75. The van der Waals surface area contributed by atoms with E-state index in [-0.39, 0.29) is 23.5 Å². The Bertz CT molecular complexity index is 1360. The number of hydrogen-bond acceptors (Lipinski definition) is 5. The first-order valence-corrected chi connectivity index (χ1v) is 11.3. The summed E-state index contributed by atoms with van der Waals surface area (Å²) in [7, 11) is 1.41. The molecule has 0 radical (unpaired) electrons. The second-order valence-electron chi connectivity index (χ2n) is 8.15. The highest BCUT2D eigenvalue weighted by molar-refractivity contribution is 7.17. The smallest absolute Gasteiger partial charge is 0.381 e. The predicted octanol–water partition coefficient (Wildman–Crippen LogP) is 4.96. The third-order valence-corrected chi connectivity index (χ3v) is 6.60. The molecule has 0 spiro atoms. The van der Waals surface area contributed by atoms with Crippen LogP contribution >= 0.6 is 11.3 Å². The lowest BCUT2D eigenvalue weighted by molar-refractivity contribution is -0.137. The number of nitrogens with zero attached hydrogens (tertiary/aromatic N) is 4. The first-order valence-electron chi connectivity index (χ1n) is 10.5. The minimum Gasteiger partial charge on any atom is -0.381 e. The minimum atomic E-state index is -4.45. The minimum absolute atomic E-state index is 0.226. The van der Waals surface area contributed by atoms with E-state index in [0.29, 0.717) is 16.5 Å². The Kier molecular flexibility index (Phi) is 6.92. The number of carbonyl (C=O) groups is 1. The van der Waals surface area contributed by atoms with Crippen LogP contribution < -0.4 is 0 Å². The van der Waals surface area contributed by atoms with Crippen molar-refractivity contribution in [3.63, 3.8) is 0 Å². The Labute approximate surface area is 206 Å². The van der Waals surface area contributed by atoms with E-state index in [4.69, 9.17) is 0 Å². The molecule has 12 heteroatoms. The number of alkyl halides is 3. The van der Waals surface area contributed by atoms with Crippen LogP contribution in [0.2, 0.25) is 0 Å². The van der Waals surface area contributed by atoms with Crippen molar-refractivity contribution in [2.75, 3.05) is 13.6 Å². The van der Waals surface area contributed by atoms with Crippen molar-refractivity contribution < 1.29 is 31.9 Å². The summed E-state index contributed by atoms with van der Waals surface area (Å²) in [5.41, 5.74) is -2.48. The molecule has 0 saturated heterocycles. The van der Waals surface area contributed by atoms with Gasteiger partial charge in [-0.3, -0.25) is 4.79 Å². The van der Waals surface area contributed by atoms with Gasteiger partial charge in [-0.15, -0.1) is 11.3 Å². The molecule has 2 aromatic heterocycles. The Morgan fingerprint density at radius 3 is 2.42 bits per heavy atom. The number of amides is 1. The first-order chi connectivity index (χ1) is 17.0. The second kappa shape index (κ2) is 9.78. The van der Waals surface area contributed by atoms with Crippen LogP contribution in [-0.2, 0) is 18.3 Å². The molecule has 1 unspecified atom stereocenters. The van der Waals surface area contributed by atoms with Crippen LogP contribution in [0.3, 0.4) is 0 Å². The van der Waals surface area contributed by atoms with Crippen LogP contribution in [0.1, 0.15) is 20.8 Å². The molecule has 188 valence electrons. The van der Waals surface area contributed by atoms with E-state index in [1.807, 2.05) is 0 Å². The standard InChI is InChI=1S/C24H19F5N4O2S/c1-32(11-23(35,12-33-14-30-13-31-33)18-7-6-17(25)10-19(18)26)22(34)21-9-8-20(36-21)15-2-4-16(5-3-15)24(27,28)29/h2-10,13-14,35H,11-12H2,1H3. The molecule has 0 aliphatic carbocycles. The average Bonchev–Trinajstić information content (AvgIpc) is 3.50. The Hall–Kier alpha value is -3.64. The fraction of sp³-hybridized carbons (Fsp3) is 0.208. The summed E-state index contributed by atoms with van der Waals surface area (Å²) >= 11 is 1.06. The molecule has 2 heterocycles. The number of hydrogen-bond donors (Lipinski definition) is 1. The SMILES string of the molecule is CN(CC(O)(Cn1cncn1)c1ccc(F)cc1F)C(=O)c1ccc(-c2ccc(C(F)(F)F)cc2)s1. The number of halogens is 5. The zero-order chi connectivity index (χ0) is 26.1. The number of thiophene rings is 1. The highest BCUT2D eigenvalue weighted by atomic mass is 32.1. The maximum atomic E-state index is 14.6. The van der Waals surface area contributed by atoms with Gasteiger partial charge in [-0.25, -0.2) is 18.4 Å². The van der Waals surface area contributed by atoms with Gasteiger partial charge in [-0.1, -0.05) is 18.2 Å². The van der Waals surface area contributed by atoms with Crippen molar-refractivity contribution in [3.8, 4) is 10.4 Å². The van der Waals surface area contributed by atoms with Gasteiger partial charge in [0.1, 0.15) is 29.9 Å². The van der Waals surface area contributed by atoms with Gasteiger partial charge in [-0.05, 0) is 35.9 Å². The van der Waals surface area contributed by atoms with Gasteiger partial charge in [0.25, 0.3) is 5.91 Å².